The van der Waals surface area contributed by atoms with Crippen LogP contribution in [0.4, 0.5) is 0 Å². The molecule has 5 nitrogen and oxygen atoms in total. The van der Waals surface area contributed by atoms with Gasteiger partial charge in [0.2, 0.25) is 11.8 Å². The minimum absolute atomic E-state index is 0.207. The highest BCUT2D eigenvalue weighted by molar-refractivity contribution is 5.88. The highest BCUT2D eigenvalue weighted by Crippen LogP contribution is 2.24. The molecular weight excluding hydrogens is 244 g/mol. The number of carbonyl (C=O) groups is 1. The predicted octanol–water partition coefficient (Wildman–Crippen LogP) is 3.34. The Bertz CT molecular complexity index is 578. The van der Waals surface area contributed by atoms with Gasteiger partial charge in [-0.3, -0.25) is 0 Å². The number of hydrogen-bond donors (Lipinski definition) is 1. The van der Waals surface area contributed by atoms with Gasteiger partial charge in [-0.2, -0.15) is 0 Å². The maximum absolute atomic E-state index is 10.9. The van der Waals surface area contributed by atoms with Crippen molar-refractivity contribution in [3.05, 3.63) is 35.7 Å². The van der Waals surface area contributed by atoms with Crippen LogP contribution in [0.3, 0.4) is 0 Å². The third kappa shape index (κ3) is 2.99. The van der Waals surface area contributed by atoms with Gasteiger partial charge in [-0.05, 0) is 24.6 Å². The Balaban J connectivity index is 2.27. The molecule has 0 bridgehead atoms. The van der Waals surface area contributed by atoms with Gasteiger partial charge < -0.3 is 9.52 Å². The van der Waals surface area contributed by atoms with E-state index in [9.17, 15) is 4.79 Å². The third-order valence-electron chi connectivity index (χ3n) is 2.94. The fourth-order valence-corrected chi connectivity index (χ4v) is 1.89. The first kappa shape index (κ1) is 13.3. The van der Waals surface area contributed by atoms with Crippen LogP contribution < -0.4 is 0 Å². The summed E-state index contributed by atoms with van der Waals surface area (Å²) < 4.78 is 5.60. The highest BCUT2D eigenvalue weighted by atomic mass is 16.4. The summed E-state index contributed by atoms with van der Waals surface area (Å²) in [6, 6.07) is 6.49. The van der Waals surface area contributed by atoms with Gasteiger partial charge in [0.1, 0.15) is 0 Å². The molecule has 1 unspecified atom stereocenters. The summed E-state index contributed by atoms with van der Waals surface area (Å²) in [5.74, 6) is 0.202. The Morgan fingerprint density at radius 3 is 2.89 bits per heavy atom. The van der Waals surface area contributed by atoms with Crippen molar-refractivity contribution in [1.82, 2.24) is 10.2 Å². The fraction of sp³-hybridized carbons (Fsp3) is 0.357. The van der Waals surface area contributed by atoms with E-state index < -0.39 is 5.97 Å². The van der Waals surface area contributed by atoms with E-state index in [1.54, 1.807) is 12.1 Å². The van der Waals surface area contributed by atoms with Crippen molar-refractivity contribution in [2.24, 2.45) is 0 Å². The Hall–Kier alpha value is -2.17. The topological polar surface area (TPSA) is 76.2 Å². The van der Waals surface area contributed by atoms with Crippen molar-refractivity contribution in [3.63, 3.8) is 0 Å². The molecule has 2 aromatic rings. The molecule has 1 aromatic carbocycles. The Kier molecular flexibility index (Phi) is 3.94. The van der Waals surface area contributed by atoms with Gasteiger partial charge in [0.05, 0.1) is 5.56 Å². The molecule has 1 heterocycles. The maximum atomic E-state index is 10.9. The molecule has 0 aliphatic carbocycles. The molecule has 5 heteroatoms. The van der Waals surface area contributed by atoms with E-state index in [1.807, 2.05) is 6.92 Å². The number of benzene rings is 1. The second-order valence-electron chi connectivity index (χ2n) is 4.52. The van der Waals surface area contributed by atoms with Crippen LogP contribution in [-0.4, -0.2) is 21.3 Å². The molecule has 0 spiro atoms. The van der Waals surface area contributed by atoms with Crippen LogP contribution >= 0.6 is 0 Å². The van der Waals surface area contributed by atoms with Gasteiger partial charge in [0, 0.05) is 11.5 Å². The average molecular weight is 260 g/mol. The Morgan fingerprint density at radius 2 is 2.21 bits per heavy atom. The van der Waals surface area contributed by atoms with E-state index in [4.69, 9.17) is 9.52 Å². The van der Waals surface area contributed by atoms with Crippen LogP contribution in [-0.2, 0) is 0 Å². The van der Waals surface area contributed by atoms with Gasteiger partial charge in [-0.15, -0.1) is 10.2 Å². The predicted molar refractivity (Wildman–Crippen MR) is 70.0 cm³/mol. The van der Waals surface area contributed by atoms with Crippen molar-refractivity contribution >= 4 is 5.97 Å². The van der Waals surface area contributed by atoms with Crippen LogP contribution in [0.5, 0.6) is 0 Å². The summed E-state index contributed by atoms with van der Waals surface area (Å²) >= 11 is 0. The quantitative estimate of drug-likeness (QED) is 0.892. The molecule has 0 fully saturated rings. The molecule has 0 amide bonds. The molecule has 1 N–H and O–H groups in total. The van der Waals surface area contributed by atoms with Crippen LogP contribution in [0.1, 0.15) is 48.9 Å². The largest absolute Gasteiger partial charge is 0.478 e. The lowest BCUT2D eigenvalue weighted by atomic mass is 10.1. The van der Waals surface area contributed by atoms with Gasteiger partial charge in [-0.25, -0.2) is 4.79 Å². The standard InChI is InChI=1S/C14H16N2O3/c1-3-5-9(2)12-15-16-13(19-12)10-6-4-7-11(8-10)14(17)18/h4,6-9H,3,5H2,1-2H3,(H,17,18). The summed E-state index contributed by atoms with van der Waals surface area (Å²) in [6.07, 6.45) is 2.03. The van der Waals surface area contributed by atoms with E-state index >= 15 is 0 Å². The number of nitrogens with zero attached hydrogens (tertiary/aromatic N) is 2. The van der Waals surface area contributed by atoms with Crippen molar-refractivity contribution in [2.75, 3.05) is 0 Å². The smallest absolute Gasteiger partial charge is 0.335 e. The number of carboxylic acids is 1. The number of carboxylic acid groups (broad SMARTS) is 1. The minimum Gasteiger partial charge on any atom is -0.478 e. The molecule has 0 radical (unpaired) electrons. The molecule has 19 heavy (non-hydrogen) atoms. The molecular formula is C14H16N2O3. The SMILES string of the molecule is CCCC(C)c1nnc(-c2cccc(C(=O)O)c2)o1. The van der Waals surface area contributed by atoms with Crippen molar-refractivity contribution in [3.8, 4) is 11.5 Å². The Labute approximate surface area is 111 Å². The van der Waals surface area contributed by atoms with Crippen LogP contribution in [0.25, 0.3) is 11.5 Å². The first-order valence-electron chi connectivity index (χ1n) is 6.29. The zero-order valence-corrected chi connectivity index (χ0v) is 11.0. The molecule has 0 saturated heterocycles. The second-order valence-corrected chi connectivity index (χ2v) is 4.52. The maximum Gasteiger partial charge on any atom is 0.335 e. The zero-order chi connectivity index (χ0) is 13.8. The number of aromatic nitrogens is 2. The molecule has 1 atom stereocenters. The normalized spacial score (nSPS) is 12.3. The van der Waals surface area contributed by atoms with Gasteiger partial charge >= 0.3 is 5.97 Å². The van der Waals surface area contributed by atoms with Crippen LogP contribution in [0, 0.1) is 0 Å². The van der Waals surface area contributed by atoms with Crippen molar-refractivity contribution in [2.45, 2.75) is 32.6 Å². The summed E-state index contributed by atoms with van der Waals surface area (Å²) in [5.41, 5.74) is 0.834. The Morgan fingerprint density at radius 1 is 1.42 bits per heavy atom. The molecule has 0 aliphatic rings. The summed E-state index contributed by atoms with van der Waals surface area (Å²) in [4.78, 5) is 10.9. The summed E-state index contributed by atoms with van der Waals surface area (Å²) in [6.45, 7) is 4.14. The fourth-order valence-electron chi connectivity index (χ4n) is 1.89. The van der Waals surface area contributed by atoms with Gasteiger partial charge in [0.25, 0.3) is 0 Å². The lowest BCUT2D eigenvalue weighted by Crippen LogP contribution is -1.95. The van der Waals surface area contributed by atoms with E-state index in [0.29, 0.717) is 17.3 Å². The van der Waals surface area contributed by atoms with Crippen LogP contribution in [0.2, 0.25) is 0 Å². The molecule has 100 valence electrons. The number of rotatable bonds is 5. The average Bonchev–Trinajstić information content (AvgIpc) is 2.89. The molecule has 1 aromatic heterocycles. The zero-order valence-electron chi connectivity index (χ0n) is 11.0. The van der Waals surface area contributed by atoms with Crippen molar-refractivity contribution < 1.29 is 14.3 Å². The summed E-state index contributed by atoms with van der Waals surface area (Å²) in [5, 5.41) is 17.0. The van der Waals surface area contributed by atoms with Crippen LogP contribution in [0.15, 0.2) is 28.7 Å². The monoisotopic (exact) mass is 260 g/mol. The van der Waals surface area contributed by atoms with Gasteiger partial charge in [0.15, 0.2) is 0 Å². The lowest BCUT2D eigenvalue weighted by Gasteiger charge is -2.02. The molecule has 2 rings (SSSR count). The number of hydrogen-bond acceptors (Lipinski definition) is 4. The second kappa shape index (κ2) is 5.65. The van der Waals surface area contributed by atoms with Crippen molar-refractivity contribution in [1.29, 1.82) is 0 Å². The third-order valence-corrected chi connectivity index (χ3v) is 2.94. The molecule has 0 saturated carbocycles. The van der Waals surface area contributed by atoms with E-state index in [1.165, 1.54) is 12.1 Å². The van der Waals surface area contributed by atoms with Gasteiger partial charge in [-0.1, -0.05) is 26.3 Å². The lowest BCUT2D eigenvalue weighted by molar-refractivity contribution is 0.0697. The highest BCUT2D eigenvalue weighted by Gasteiger charge is 2.15. The first-order valence-corrected chi connectivity index (χ1v) is 6.29. The molecule has 0 aliphatic heterocycles. The number of aromatic carboxylic acids is 1. The summed E-state index contributed by atoms with van der Waals surface area (Å²) in [7, 11) is 0. The van der Waals surface area contributed by atoms with E-state index in [0.717, 1.165) is 12.8 Å². The minimum atomic E-state index is -0.971. The first-order chi connectivity index (χ1) is 9.11. The van der Waals surface area contributed by atoms with E-state index in [-0.39, 0.29) is 11.5 Å². The van der Waals surface area contributed by atoms with E-state index in [2.05, 4.69) is 17.1 Å².